The second kappa shape index (κ2) is 7.34. The fraction of sp³-hybridized carbons (Fsp3) is 0.300. The molecule has 1 aliphatic heterocycles. The van der Waals surface area contributed by atoms with E-state index in [-0.39, 0.29) is 17.8 Å². The summed E-state index contributed by atoms with van der Waals surface area (Å²) in [7, 11) is 1.31. The lowest BCUT2D eigenvalue weighted by atomic mass is 9.90. The van der Waals surface area contributed by atoms with Crippen molar-refractivity contribution in [1.29, 1.82) is 0 Å². The van der Waals surface area contributed by atoms with Crippen LogP contribution in [0.3, 0.4) is 0 Å². The van der Waals surface area contributed by atoms with Crippen molar-refractivity contribution in [3.63, 3.8) is 0 Å². The fourth-order valence-corrected chi connectivity index (χ4v) is 3.18. The molecule has 1 heterocycles. The van der Waals surface area contributed by atoms with Gasteiger partial charge in [0.1, 0.15) is 0 Å². The predicted octanol–water partition coefficient (Wildman–Crippen LogP) is 4.10. The standard InChI is InChI=1S/C20H20F2N2O3/c1-20(21,22)14-7-5-8-15(10-14)23-19(26)24-11-13-6-3-4-9-16(13)17(12-24)18(25)27-2/h3-10,17H,11-12H2,1-2H3,(H,23,26). The number of amides is 2. The summed E-state index contributed by atoms with van der Waals surface area (Å²) in [5.74, 6) is -4.01. The maximum atomic E-state index is 13.5. The van der Waals surface area contributed by atoms with Gasteiger partial charge in [-0.2, -0.15) is 0 Å². The monoisotopic (exact) mass is 374 g/mol. The number of hydrogen-bond donors (Lipinski definition) is 1. The van der Waals surface area contributed by atoms with Crippen molar-refractivity contribution in [2.75, 3.05) is 19.0 Å². The largest absolute Gasteiger partial charge is 0.468 e. The maximum absolute atomic E-state index is 13.5. The Labute approximate surface area is 155 Å². The molecule has 1 unspecified atom stereocenters. The topological polar surface area (TPSA) is 58.6 Å². The number of carbonyl (C=O) groups is 2. The number of benzene rings is 2. The highest BCUT2D eigenvalue weighted by atomic mass is 19.3. The summed E-state index contributed by atoms with van der Waals surface area (Å²) in [5, 5.41) is 2.63. The number of anilines is 1. The van der Waals surface area contributed by atoms with Crippen LogP contribution in [-0.4, -0.2) is 30.6 Å². The van der Waals surface area contributed by atoms with Crippen molar-refractivity contribution >= 4 is 17.7 Å². The Morgan fingerprint density at radius 2 is 1.93 bits per heavy atom. The average molecular weight is 374 g/mol. The fourth-order valence-electron chi connectivity index (χ4n) is 3.18. The first-order valence-electron chi connectivity index (χ1n) is 8.49. The molecule has 0 bridgehead atoms. The van der Waals surface area contributed by atoms with Crippen LogP contribution >= 0.6 is 0 Å². The summed E-state index contributed by atoms with van der Waals surface area (Å²) in [6.07, 6.45) is 0. The average Bonchev–Trinajstić information content (AvgIpc) is 2.66. The number of methoxy groups -OCH3 is 1. The van der Waals surface area contributed by atoms with Crippen LogP contribution in [0.2, 0.25) is 0 Å². The molecule has 0 spiro atoms. The van der Waals surface area contributed by atoms with Crippen LogP contribution in [0.4, 0.5) is 19.3 Å². The Morgan fingerprint density at radius 3 is 2.63 bits per heavy atom. The van der Waals surface area contributed by atoms with E-state index in [2.05, 4.69) is 5.32 Å². The molecule has 2 aromatic carbocycles. The van der Waals surface area contributed by atoms with E-state index in [0.717, 1.165) is 18.1 Å². The summed E-state index contributed by atoms with van der Waals surface area (Å²) in [6, 6.07) is 12.5. The molecular weight excluding hydrogens is 354 g/mol. The number of carbonyl (C=O) groups excluding carboxylic acids is 2. The van der Waals surface area contributed by atoms with Gasteiger partial charge in [-0.15, -0.1) is 0 Å². The van der Waals surface area contributed by atoms with Gasteiger partial charge in [0.15, 0.2) is 0 Å². The number of rotatable bonds is 3. The van der Waals surface area contributed by atoms with Gasteiger partial charge in [0.05, 0.1) is 13.0 Å². The van der Waals surface area contributed by atoms with E-state index < -0.39 is 23.8 Å². The van der Waals surface area contributed by atoms with Gasteiger partial charge >= 0.3 is 12.0 Å². The number of urea groups is 1. The molecule has 2 aromatic rings. The smallest absolute Gasteiger partial charge is 0.322 e. The van der Waals surface area contributed by atoms with Gasteiger partial charge in [-0.1, -0.05) is 36.4 Å². The van der Waals surface area contributed by atoms with E-state index >= 15 is 0 Å². The van der Waals surface area contributed by atoms with Gasteiger partial charge in [0.2, 0.25) is 0 Å². The number of fused-ring (bicyclic) bond motifs is 1. The van der Waals surface area contributed by atoms with Gasteiger partial charge in [-0.05, 0) is 23.3 Å². The SMILES string of the molecule is COC(=O)C1CN(C(=O)Nc2cccc(C(C)(F)F)c2)Cc2ccccc21. The van der Waals surface area contributed by atoms with Crippen molar-refractivity contribution in [2.45, 2.75) is 25.3 Å². The predicted molar refractivity (Wildman–Crippen MR) is 96.6 cm³/mol. The van der Waals surface area contributed by atoms with Gasteiger partial charge in [0, 0.05) is 31.3 Å². The van der Waals surface area contributed by atoms with Crippen LogP contribution < -0.4 is 5.32 Å². The van der Waals surface area contributed by atoms with Crippen LogP contribution in [0, 0.1) is 0 Å². The molecule has 3 rings (SSSR count). The number of nitrogens with zero attached hydrogens (tertiary/aromatic N) is 1. The van der Waals surface area contributed by atoms with Crippen LogP contribution in [0.25, 0.3) is 0 Å². The molecule has 1 N–H and O–H groups in total. The Morgan fingerprint density at radius 1 is 1.19 bits per heavy atom. The van der Waals surface area contributed by atoms with E-state index in [9.17, 15) is 18.4 Å². The number of esters is 1. The molecule has 7 heteroatoms. The highest BCUT2D eigenvalue weighted by Gasteiger charge is 2.33. The van der Waals surface area contributed by atoms with Gasteiger partial charge < -0.3 is 15.0 Å². The lowest BCUT2D eigenvalue weighted by Gasteiger charge is -2.33. The Hall–Kier alpha value is -2.96. The van der Waals surface area contributed by atoms with Crippen LogP contribution in [0.5, 0.6) is 0 Å². The molecule has 1 atom stereocenters. The van der Waals surface area contributed by atoms with Crippen molar-refractivity contribution < 1.29 is 23.1 Å². The summed E-state index contributed by atoms with van der Waals surface area (Å²) < 4.78 is 31.9. The Kier molecular flexibility index (Phi) is 5.12. The summed E-state index contributed by atoms with van der Waals surface area (Å²) in [6.45, 7) is 1.27. The molecule has 0 aliphatic carbocycles. The zero-order valence-electron chi connectivity index (χ0n) is 15.0. The molecule has 0 radical (unpaired) electrons. The van der Waals surface area contributed by atoms with Gasteiger partial charge in [0.25, 0.3) is 5.92 Å². The molecule has 2 amide bonds. The van der Waals surface area contributed by atoms with E-state index in [1.54, 1.807) is 6.07 Å². The summed E-state index contributed by atoms with van der Waals surface area (Å²) in [4.78, 5) is 26.3. The van der Waals surface area contributed by atoms with Crippen molar-refractivity contribution in [1.82, 2.24) is 4.90 Å². The van der Waals surface area contributed by atoms with Crippen LogP contribution in [0.15, 0.2) is 48.5 Å². The van der Waals surface area contributed by atoms with Crippen molar-refractivity contribution in [2.24, 2.45) is 0 Å². The third-order valence-electron chi connectivity index (χ3n) is 4.59. The van der Waals surface area contributed by atoms with Crippen LogP contribution in [0.1, 0.15) is 29.5 Å². The number of alkyl halides is 2. The quantitative estimate of drug-likeness (QED) is 0.823. The highest BCUT2D eigenvalue weighted by molar-refractivity contribution is 5.90. The maximum Gasteiger partial charge on any atom is 0.322 e. The van der Waals surface area contributed by atoms with Crippen molar-refractivity contribution in [3.8, 4) is 0 Å². The second-order valence-electron chi connectivity index (χ2n) is 6.55. The van der Waals surface area contributed by atoms with E-state index in [0.29, 0.717) is 6.54 Å². The number of hydrogen-bond acceptors (Lipinski definition) is 3. The lowest BCUT2D eigenvalue weighted by Crippen LogP contribution is -2.43. The Balaban J connectivity index is 1.81. The lowest BCUT2D eigenvalue weighted by molar-refractivity contribution is -0.143. The molecule has 1 aliphatic rings. The van der Waals surface area contributed by atoms with Gasteiger partial charge in [-0.25, -0.2) is 13.6 Å². The normalized spacial score (nSPS) is 16.4. The molecule has 0 saturated carbocycles. The second-order valence-corrected chi connectivity index (χ2v) is 6.55. The molecule has 5 nitrogen and oxygen atoms in total. The molecule has 0 aromatic heterocycles. The number of halogens is 2. The third-order valence-corrected chi connectivity index (χ3v) is 4.59. The molecule has 142 valence electrons. The zero-order valence-corrected chi connectivity index (χ0v) is 15.0. The van der Waals surface area contributed by atoms with Crippen LogP contribution in [-0.2, 0) is 22.0 Å². The summed E-state index contributed by atoms with van der Waals surface area (Å²) in [5.41, 5.74) is 1.77. The number of ether oxygens (including phenoxy) is 1. The molecule has 0 saturated heterocycles. The minimum atomic E-state index is -3.00. The summed E-state index contributed by atoms with van der Waals surface area (Å²) >= 11 is 0. The van der Waals surface area contributed by atoms with Gasteiger partial charge in [-0.3, -0.25) is 4.79 Å². The molecular formula is C20H20F2N2O3. The van der Waals surface area contributed by atoms with E-state index in [1.807, 2.05) is 24.3 Å². The molecule has 27 heavy (non-hydrogen) atoms. The molecule has 0 fully saturated rings. The first-order chi connectivity index (χ1) is 12.8. The first-order valence-corrected chi connectivity index (χ1v) is 8.49. The number of nitrogens with one attached hydrogen (secondary N) is 1. The zero-order chi connectivity index (χ0) is 19.6. The third kappa shape index (κ3) is 4.07. The van der Waals surface area contributed by atoms with E-state index in [4.69, 9.17) is 4.74 Å². The first kappa shape index (κ1) is 18.8. The highest BCUT2D eigenvalue weighted by Crippen LogP contribution is 2.31. The van der Waals surface area contributed by atoms with E-state index in [1.165, 1.54) is 30.2 Å². The minimum Gasteiger partial charge on any atom is -0.468 e. The minimum absolute atomic E-state index is 0.152. The Bertz CT molecular complexity index is 864. The van der Waals surface area contributed by atoms with Crippen molar-refractivity contribution in [3.05, 3.63) is 65.2 Å².